The van der Waals surface area contributed by atoms with Gasteiger partial charge in [0.25, 0.3) is 0 Å². The van der Waals surface area contributed by atoms with Crippen LogP contribution in [-0.2, 0) is 28.7 Å². The Balaban J connectivity index is 1.47. The largest absolute Gasteiger partial charge is 0.462 e. The number of rotatable bonds is 8. The maximum atomic E-state index is 12.9. The van der Waals surface area contributed by atoms with E-state index in [0.717, 1.165) is 44.9 Å². The molecule has 7 unspecified atom stereocenters. The minimum atomic E-state index is -0.335. The average molecular weight is 545 g/mol. The molecule has 2 amide bonds. The van der Waals surface area contributed by atoms with Gasteiger partial charge in [0.1, 0.15) is 12.2 Å². The Bertz CT molecular complexity index is 1010. The highest BCUT2D eigenvalue weighted by atomic mass is 16.5. The lowest BCUT2D eigenvalue weighted by atomic mass is 9.48. The molecule has 2 N–H and O–H groups in total. The number of carbonyl (C=O) groups is 4. The minimum absolute atomic E-state index is 0.0207. The van der Waals surface area contributed by atoms with E-state index in [9.17, 15) is 19.2 Å². The fraction of sp³-hybridized carbons (Fsp3) is 0.806. The molecule has 3 saturated carbocycles. The number of amides is 2. The van der Waals surface area contributed by atoms with Crippen LogP contribution in [0.2, 0.25) is 0 Å². The zero-order valence-electron chi connectivity index (χ0n) is 24.6. The molecule has 0 heterocycles. The van der Waals surface area contributed by atoms with E-state index in [-0.39, 0.29) is 58.8 Å². The van der Waals surface area contributed by atoms with Crippen LogP contribution in [-0.4, -0.2) is 48.5 Å². The number of hydrogen-bond acceptors (Lipinski definition) is 6. The Morgan fingerprint density at radius 1 is 1.03 bits per heavy atom. The Morgan fingerprint density at radius 3 is 2.44 bits per heavy atom. The molecular formula is C31H48N2O6. The van der Waals surface area contributed by atoms with Crippen LogP contribution < -0.4 is 10.6 Å². The smallest absolute Gasteiger partial charge is 0.306 e. The first-order valence-corrected chi connectivity index (χ1v) is 14.9. The molecule has 0 bridgehead atoms. The van der Waals surface area contributed by atoms with Gasteiger partial charge in [0.2, 0.25) is 11.8 Å². The van der Waals surface area contributed by atoms with E-state index < -0.39 is 0 Å². The number of ether oxygens (including phenoxy) is 2. The number of fused-ring (bicyclic) bond motifs is 5. The molecule has 3 fully saturated rings. The first-order chi connectivity index (χ1) is 18.3. The summed E-state index contributed by atoms with van der Waals surface area (Å²) in [6.07, 6.45) is 9.56. The summed E-state index contributed by atoms with van der Waals surface area (Å²) in [6.45, 7) is 11.8. The third-order valence-electron chi connectivity index (χ3n) is 10.6. The normalized spacial score (nSPS) is 37.7. The topological polar surface area (TPSA) is 111 Å². The fourth-order valence-electron chi connectivity index (χ4n) is 8.56. The molecule has 0 saturated heterocycles. The Labute approximate surface area is 233 Å². The molecule has 0 radical (unpaired) electrons. The average Bonchev–Trinajstić information content (AvgIpc) is 3.12. The van der Waals surface area contributed by atoms with Gasteiger partial charge < -0.3 is 20.1 Å². The summed E-state index contributed by atoms with van der Waals surface area (Å²) in [5.41, 5.74) is 1.41. The van der Waals surface area contributed by atoms with Crippen molar-refractivity contribution in [2.24, 2.45) is 34.5 Å². The highest BCUT2D eigenvalue weighted by molar-refractivity contribution is 5.74. The number of hydrogen-bond donors (Lipinski definition) is 2. The van der Waals surface area contributed by atoms with Crippen molar-refractivity contribution in [1.82, 2.24) is 10.6 Å². The van der Waals surface area contributed by atoms with Crippen molar-refractivity contribution in [2.75, 3.05) is 6.54 Å². The van der Waals surface area contributed by atoms with E-state index in [1.165, 1.54) is 19.4 Å². The van der Waals surface area contributed by atoms with E-state index in [1.54, 1.807) is 6.92 Å². The van der Waals surface area contributed by atoms with Gasteiger partial charge >= 0.3 is 11.9 Å². The Morgan fingerprint density at radius 2 is 1.77 bits per heavy atom. The highest BCUT2D eigenvalue weighted by Gasteiger charge is 2.62. The molecule has 218 valence electrons. The summed E-state index contributed by atoms with van der Waals surface area (Å²) in [5.74, 6) is 0.947. The van der Waals surface area contributed by atoms with Crippen molar-refractivity contribution in [1.29, 1.82) is 0 Å². The zero-order valence-corrected chi connectivity index (χ0v) is 24.6. The molecule has 8 heteroatoms. The van der Waals surface area contributed by atoms with Gasteiger partial charge in [-0.25, -0.2) is 0 Å². The molecule has 4 aliphatic carbocycles. The number of carbonyl (C=O) groups excluding carboxylic acids is 4. The zero-order chi connectivity index (χ0) is 28.5. The van der Waals surface area contributed by atoms with Crippen molar-refractivity contribution in [3.8, 4) is 0 Å². The molecular weight excluding hydrogens is 496 g/mol. The Hall–Kier alpha value is -2.38. The van der Waals surface area contributed by atoms with Gasteiger partial charge in [0, 0.05) is 40.2 Å². The fourth-order valence-corrected chi connectivity index (χ4v) is 8.56. The molecule has 4 rings (SSSR count). The van der Waals surface area contributed by atoms with Crippen molar-refractivity contribution in [3.05, 3.63) is 11.6 Å². The summed E-state index contributed by atoms with van der Waals surface area (Å²) in [4.78, 5) is 48.0. The van der Waals surface area contributed by atoms with Gasteiger partial charge in [-0.1, -0.05) is 32.4 Å². The SMILES string of the molecule is CC(=O)NCC(C)CCC(=O)OC1CC2C3CC=C4CC(OC(C)=O)CC[C@]4(C)C3CC[C@]2(C)C1NC(C)=O. The third-order valence-corrected chi connectivity index (χ3v) is 10.6. The second kappa shape index (κ2) is 11.6. The second-order valence-corrected chi connectivity index (χ2v) is 13.3. The molecule has 9 atom stereocenters. The minimum Gasteiger partial charge on any atom is -0.462 e. The van der Waals surface area contributed by atoms with E-state index in [1.807, 2.05) is 6.92 Å². The first-order valence-electron chi connectivity index (χ1n) is 14.9. The molecule has 0 spiro atoms. The second-order valence-electron chi connectivity index (χ2n) is 13.3. The third kappa shape index (κ3) is 6.19. The lowest BCUT2D eigenvalue weighted by Gasteiger charge is -2.57. The van der Waals surface area contributed by atoms with Crippen LogP contribution >= 0.6 is 0 Å². The number of esters is 2. The molecule has 39 heavy (non-hydrogen) atoms. The van der Waals surface area contributed by atoms with Crippen LogP contribution in [0.4, 0.5) is 0 Å². The van der Waals surface area contributed by atoms with Crippen LogP contribution in [0.1, 0.15) is 99.3 Å². The maximum Gasteiger partial charge on any atom is 0.306 e. The van der Waals surface area contributed by atoms with Gasteiger partial charge in [0.05, 0.1) is 6.04 Å². The van der Waals surface area contributed by atoms with Crippen molar-refractivity contribution in [2.45, 2.75) is 118 Å². The monoisotopic (exact) mass is 544 g/mol. The van der Waals surface area contributed by atoms with Crippen LogP contribution in [0.5, 0.6) is 0 Å². The number of allylic oxidation sites excluding steroid dienone is 1. The summed E-state index contributed by atoms with van der Waals surface area (Å²) in [6, 6.07) is -0.195. The highest BCUT2D eigenvalue weighted by Crippen LogP contribution is 2.65. The van der Waals surface area contributed by atoms with Gasteiger partial charge in [-0.15, -0.1) is 0 Å². The van der Waals surface area contributed by atoms with E-state index in [0.29, 0.717) is 37.1 Å². The molecule has 8 nitrogen and oxygen atoms in total. The molecule has 4 aliphatic rings. The van der Waals surface area contributed by atoms with Crippen LogP contribution in [0.15, 0.2) is 11.6 Å². The van der Waals surface area contributed by atoms with Gasteiger partial charge in [-0.2, -0.15) is 0 Å². The quantitative estimate of drug-likeness (QED) is 0.345. The Kier molecular flexibility index (Phi) is 8.82. The summed E-state index contributed by atoms with van der Waals surface area (Å²) < 4.78 is 11.7. The van der Waals surface area contributed by atoms with Gasteiger partial charge in [-0.05, 0) is 79.4 Å². The van der Waals surface area contributed by atoms with Gasteiger partial charge in [0.15, 0.2) is 0 Å². The van der Waals surface area contributed by atoms with Crippen molar-refractivity contribution >= 4 is 23.8 Å². The van der Waals surface area contributed by atoms with Crippen LogP contribution in [0, 0.1) is 34.5 Å². The predicted molar refractivity (Wildman–Crippen MR) is 147 cm³/mol. The van der Waals surface area contributed by atoms with E-state index in [4.69, 9.17) is 9.47 Å². The maximum absolute atomic E-state index is 12.9. The molecule has 0 aromatic carbocycles. The van der Waals surface area contributed by atoms with Crippen LogP contribution in [0.25, 0.3) is 0 Å². The van der Waals surface area contributed by atoms with Gasteiger partial charge in [-0.3, -0.25) is 19.2 Å². The van der Waals surface area contributed by atoms with E-state index in [2.05, 4.69) is 30.6 Å². The molecule has 0 aromatic heterocycles. The molecule has 0 aliphatic heterocycles. The standard InChI is InChI=1S/C31H48N2O6/c1-18(17-32-19(2)34)7-10-28(37)39-27-16-26-24-9-8-22-15-23(38-21(4)36)11-13-30(22,5)25(24)12-14-31(26,6)29(27)33-20(3)35/h8,18,23-27,29H,7,9-17H2,1-6H3,(H,32,34)(H,33,35)/t18?,23?,24?,25?,26?,27?,29?,30-,31-/m0/s1. The lowest BCUT2D eigenvalue weighted by Crippen LogP contribution is -2.55. The lowest BCUT2D eigenvalue weighted by molar-refractivity contribution is -0.151. The first kappa shape index (κ1) is 29.6. The van der Waals surface area contributed by atoms with Crippen molar-refractivity contribution < 1.29 is 28.7 Å². The predicted octanol–water partition coefficient (Wildman–Crippen LogP) is 4.46. The number of nitrogens with one attached hydrogen (secondary N) is 2. The van der Waals surface area contributed by atoms with Crippen LogP contribution in [0.3, 0.4) is 0 Å². The van der Waals surface area contributed by atoms with E-state index >= 15 is 0 Å². The summed E-state index contributed by atoms with van der Waals surface area (Å²) >= 11 is 0. The summed E-state index contributed by atoms with van der Waals surface area (Å²) in [7, 11) is 0. The van der Waals surface area contributed by atoms with Crippen molar-refractivity contribution in [3.63, 3.8) is 0 Å². The molecule has 0 aromatic rings. The summed E-state index contributed by atoms with van der Waals surface area (Å²) in [5, 5.41) is 6.00.